The maximum Gasteiger partial charge on any atom is 0.194 e. The number of nitrogens with two attached hydrogens (primary N) is 1. The third kappa shape index (κ3) is 2.80. The van der Waals surface area contributed by atoms with Gasteiger partial charge in [0.05, 0.1) is 6.04 Å². The second-order valence-corrected chi connectivity index (χ2v) is 5.92. The fourth-order valence-electron chi connectivity index (χ4n) is 3.46. The van der Waals surface area contributed by atoms with Gasteiger partial charge in [0.25, 0.3) is 0 Å². The van der Waals surface area contributed by atoms with Crippen molar-refractivity contribution in [1.82, 2.24) is 10.3 Å². The molecule has 1 aliphatic carbocycles. The van der Waals surface area contributed by atoms with E-state index >= 15 is 0 Å². The highest BCUT2D eigenvalue weighted by Crippen LogP contribution is 2.42. The predicted octanol–water partition coefficient (Wildman–Crippen LogP) is 2.87. The molecule has 0 radical (unpaired) electrons. The lowest BCUT2D eigenvalue weighted by Gasteiger charge is -2.48. The Balaban J connectivity index is 2.49. The zero-order valence-corrected chi connectivity index (χ0v) is 12.4. The second kappa shape index (κ2) is 6.34. The van der Waals surface area contributed by atoms with Crippen molar-refractivity contribution in [3.63, 3.8) is 0 Å². The SMILES string of the molecule is CN(C)C1(C(NN)c2ccc(F)c(F)c2F)CCCCC1. The summed E-state index contributed by atoms with van der Waals surface area (Å²) in [4.78, 5) is 2.01. The van der Waals surface area contributed by atoms with Crippen LogP contribution in [0.5, 0.6) is 0 Å². The first-order valence-electron chi connectivity index (χ1n) is 7.21. The Hall–Kier alpha value is -1.11. The van der Waals surface area contributed by atoms with E-state index in [4.69, 9.17) is 5.84 Å². The van der Waals surface area contributed by atoms with Gasteiger partial charge in [0.1, 0.15) is 0 Å². The Labute approximate surface area is 123 Å². The molecule has 1 unspecified atom stereocenters. The number of rotatable bonds is 4. The molecular weight excluding hydrogens is 279 g/mol. The van der Waals surface area contributed by atoms with Crippen molar-refractivity contribution in [3.8, 4) is 0 Å². The van der Waals surface area contributed by atoms with E-state index in [9.17, 15) is 13.2 Å². The molecule has 0 amide bonds. The Morgan fingerprint density at radius 1 is 1.10 bits per heavy atom. The number of halogens is 3. The van der Waals surface area contributed by atoms with Gasteiger partial charge in [-0.25, -0.2) is 13.2 Å². The van der Waals surface area contributed by atoms with E-state index in [1.807, 2.05) is 19.0 Å². The topological polar surface area (TPSA) is 41.3 Å². The van der Waals surface area contributed by atoms with Gasteiger partial charge in [-0.05, 0) is 33.0 Å². The fourth-order valence-corrected chi connectivity index (χ4v) is 3.46. The molecule has 6 heteroatoms. The van der Waals surface area contributed by atoms with Crippen LogP contribution in [0.2, 0.25) is 0 Å². The van der Waals surface area contributed by atoms with Gasteiger partial charge in [-0.3, -0.25) is 11.3 Å². The van der Waals surface area contributed by atoms with Crippen molar-refractivity contribution in [2.75, 3.05) is 14.1 Å². The molecule has 1 atom stereocenters. The first kappa shape index (κ1) is 16.3. The minimum atomic E-state index is -1.45. The maximum atomic E-state index is 14.2. The van der Waals surface area contributed by atoms with Crippen LogP contribution in [0, 0.1) is 17.5 Å². The summed E-state index contributed by atoms with van der Waals surface area (Å²) in [5, 5.41) is 0. The molecule has 0 spiro atoms. The van der Waals surface area contributed by atoms with Crippen LogP contribution in [-0.4, -0.2) is 24.5 Å². The average Bonchev–Trinajstić information content (AvgIpc) is 2.48. The van der Waals surface area contributed by atoms with Crippen molar-refractivity contribution in [2.24, 2.45) is 5.84 Å². The number of benzene rings is 1. The molecule has 3 nitrogen and oxygen atoms in total. The molecule has 1 saturated carbocycles. The summed E-state index contributed by atoms with van der Waals surface area (Å²) in [5.74, 6) is 1.86. The summed E-state index contributed by atoms with van der Waals surface area (Å²) in [6, 6.07) is 1.63. The summed E-state index contributed by atoms with van der Waals surface area (Å²) in [7, 11) is 3.82. The van der Waals surface area contributed by atoms with Crippen molar-refractivity contribution < 1.29 is 13.2 Å². The van der Waals surface area contributed by atoms with Crippen LogP contribution >= 0.6 is 0 Å². The Morgan fingerprint density at radius 3 is 2.24 bits per heavy atom. The van der Waals surface area contributed by atoms with Gasteiger partial charge in [-0.15, -0.1) is 0 Å². The van der Waals surface area contributed by atoms with Crippen LogP contribution < -0.4 is 11.3 Å². The van der Waals surface area contributed by atoms with Crippen LogP contribution in [0.1, 0.15) is 43.7 Å². The summed E-state index contributed by atoms with van der Waals surface area (Å²) in [6.07, 6.45) is 4.77. The first-order valence-corrected chi connectivity index (χ1v) is 7.21. The molecule has 1 aromatic carbocycles. The predicted molar refractivity (Wildman–Crippen MR) is 75.9 cm³/mol. The molecule has 1 fully saturated rings. The molecule has 118 valence electrons. The molecular formula is C15H22F3N3. The van der Waals surface area contributed by atoms with E-state index in [1.54, 1.807) is 0 Å². The quantitative estimate of drug-likeness (QED) is 0.510. The number of nitrogens with one attached hydrogen (secondary N) is 1. The zero-order valence-electron chi connectivity index (χ0n) is 12.4. The monoisotopic (exact) mass is 301 g/mol. The highest BCUT2D eigenvalue weighted by molar-refractivity contribution is 5.27. The molecule has 0 heterocycles. The minimum Gasteiger partial charge on any atom is -0.302 e. The van der Waals surface area contributed by atoms with Crippen LogP contribution in [0.15, 0.2) is 12.1 Å². The van der Waals surface area contributed by atoms with Crippen molar-refractivity contribution in [1.29, 1.82) is 0 Å². The van der Waals surface area contributed by atoms with Gasteiger partial charge in [-0.2, -0.15) is 0 Å². The highest BCUT2D eigenvalue weighted by Gasteiger charge is 2.43. The molecule has 3 N–H and O–H groups in total. The molecule has 0 aliphatic heterocycles. The van der Waals surface area contributed by atoms with Gasteiger partial charge in [0.15, 0.2) is 17.5 Å². The van der Waals surface area contributed by atoms with Gasteiger partial charge < -0.3 is 4.90 Å². The molecule has 1 aromatic rings. The standard InChI is InChI=1S/C15H22F3N3/c1-21(2)15(8-4-3-5-9-15)14(20-19)10-6-7-11(16)13(18)12(10)17/h6-7,14,20H,3-5,8-9,19H2,1-2H3. The third-order valence-electron chi connectivity index (χ3n) is 4.69. The molecule has 21 heavy (non-hydrogen) atoms. The Kier molecular flexibility index (Phi) is 4.91. The summed E-state index contributed by atoms with van der Waals surface area (Å²) < 4.78 is 40.9. The molecule has 2 rings (SSSR count). The average molecular weight is 301 g/mol. The van der Waals surface area contributed by atoms with Crippen molar-refractivity contribution in [3.05, 3.63) is 35.1 Å². The van der Waals surface area contributed by atoms with E-state index in [2.05, 4.69) is 5.43 Å². The first-order chi connectivity index (χ1) is 9.94. The molecule has 0 saturated heterocycles. The van der Waals surface area contributed by atoms with Crippen LogP contribution in [0.4, 0.5) is 13.2 Å². The lowest BCUT2D eigenvalue weighted by Crippen LogP contribution is -2.56. The summed E-state index contributed by atoms with van der Waals surface area (Å²) >= 11 is 0. The third-order valence-corrected chi connectivity index (χ3v) is 4.69. The van der Waals surface area contributed by atoms with Crippen LogP contribution in [0.25, 0.3) is 0 Å². The van der Waals surface area contributed by atoms with Crippen LogP contribution in [-0.2, 0) is 0 Å². The normalized spacial score (nSPS) is 19.8. The van der Waals surface area contributed by atoms with E-state index in [0.29, 0.717) is 0 Å². The Bertz CT molecular complexity index is 499. The zero-order chi connectivity index (χ0) is 15.6. The number of likely N-dealkylation sites (N-methyl/N-ethyl adjacent to an activating group) is 1. The molecule has 1 aliphatic rings. The summed E-state index contributed by atoms with van der Waals surface area (Å²) in [6.45, 7) is 0. The second-order valence-electron chi connectivity index (χ2n) is 5.92. The Morgan fingerprint density at radius 2 is 1.71 bits per heavy atom. The number of hydrazine groups is 1. The van der Waals surface area contributed by atoms with E-state index in [0.717, 1.165) is 38.2 Å². The van der Waals surface area contributed by atoms with Crippen molar-refractivity contribution in [2.45, 2.75) is 43.7 Å². The highest BCUT2D eigenvalue weighted by atomic mass is 19.2. The van der Waals surface area contributed by atoms with Gasteiger partial charge in [0, 0.05) is 11.1 Å². The molecule has 0 bridgehead atoms. The van der Waals surface area contributed by atoms with Crippen molar-refractivity contribution >= 4 is 0 Å². The van der Waals surface area contributed by atoms with E-state index < -0.39 is 29.0 Å². The number of hydrogen-bond acceptors (Lipinski definition) is 3. The fraction of sp³-hybridized carbons (Fsp3) is 0.600. The lowest BCUT2D eigenvalue weighted by molar-refractivity contribution is 0.0547. The minimum absolute atomic E-state index is 0.0759. The van der Waals surface area contributed by atoms with Gasteiger partial charge in [0.2, 0.25) is 0 Å². The number of nitrogens with zero attached hydrogens (tertiary/aromatic N) is 1. The number of hydrogen-bond donors (Lipinski definition) is 2. The van der Waals surface area contributed by atoms with E-state index in [1.165, 1.54) is 6.07 Å². The van der Waals surface area contributed by atoms with Gasteiger partial charge in [-0.1, -0.05) is 25.3 Å². The molecule has 0 aromatic heterocycles. The lowest BCUT2D eigenvalue weighted by atomic mass is 9.73. The van der Waals surface area contributed by atoms with Gasteiger partial charge >= 0.3 is 0 Å². The maximum absolute atomic E-state index is 14.2. The van der Waals surface area contributed by atoms with E-state index in [-0.39, 0.29) is 5.56 Å². The smallest absolute Gasteiger partial charge is 0.194 e. The largest absolute Gasteiger partial charge is 0.302 e. The van der Waals surface area contributed by atoms with Crippen LogP contribution in [0.3, 0.4) is 0 Å². The summed E-state index contributed by atoms with van der Waals surface area (Å²) in [5.41, 5.74) is 2.30.